The standard InChI is InChI=1S/C10H12BrN3/c1-3-10-13-7(2)4-9(14-10)8(5-11)6-12/h4,8H,3,5H2,1-2H3. The highest BCUT2D eigenvalue weighted by atomic mass is 79.9. The van der Waals surface area contributed by atoms with E-state index in [0.717, 1.165) is 23.6 Å². The lowest BCUT2D eigenvalue weighted by Gasteiger charge is -2.07. The number of hydrogen-bond acceptors (Lipinski definition) is 3. The molecule has 0 N–H and O–H groups in total. The summed E-state index contributed by atoms with van der Waals surface area (Å²) in [6.07, 6.45) is 0.801. The highest BCUT2D eigenvalue weighted by Gasteiger charge is 2.11. The van der Waals surface area contributed by atoms with E-state index in [0.29, 0.717) is 5.33 Å². The highest BCUT2D eigenvalue weighted by Crippen LogP contribution is 2.16. The molecule has 0 saturated carbocycles. The minimum atomic E-state index is -0.179. The smallest absolute Gasteiger partial charge is 0.128 e. The molecule has 0 bridgehead atoms. The number of aromatic nitrogens is 2. The van der Waals surface area contributed by atoms with E-state index in [4.69, 9.17) is 5.26 Å². The van der Waals surface area contributed by atoms with Crippen LogP contribution in [0, 0.1) is 18.3 Å². The number of hydrogen-bond donors (Lipinski definition) is 0. The van der Waals surface area contributed by atoms with E-state index in [1.54, 1.807) is 0 Å². The normalized spacial score (nSPS) is 12.1. The van der Waals surface area contributed by atoms with Crippen LogP contribution in [-0.2, 0) is 6.42 Å². The van der Waals surface area contributed by atoms with Crippen molar-refractivity contribution < 1.29 is 0 Å². The van der Waals surface area contributed by atoms with Crippen LogP contribution in [0.1, 0.15) is 30.1 Å². The molecule has 1 atom stereocenters. The molecule has 0 spiro atoms. The quantitative estimate of drug-likeness (QED) is 0.778. The average molecular weight is 254 g/mol. The molecule has 0 fully saturated rings. The SMILES string of the molecule is CCc1nc(C)cc(C(C#N)CBr)n1. The lowest BCUT2D eigenvalue weighted by Crippen LogP contribution is -2.05. The fraction of sp³-hybridized carbons (Fsp3) is 0.500. The Labute approximate surface area is 92.3 Å². The summed E-state index contributed by atoms with van der Waals surface area (Å²) in [6.45, 7) is 3.93. The van der Waals surface area contributed by atoms with Gasteiger partial charge in [0, 0.05) is 17.4 Å². The third-order valence-electron chi connectivity index (χ3n) is 1.90. The van der Waals surface area contributed by atoms with Crippen LogP contribution < -0.4 is 0 Å². The Kier molecular flexibility index (Phi) is 4.02. The van der Waals surface area contributed by atoms with Gasteiger partial charge < -0.3 is 0 Å². The van der Waals surface area contributed by atoms with Gasteiger partial charge in [-0.1, -0.05) is 22.9 Å². The first-order chi connectivity index (χ1) is 6.71. The fourth-order valence-electron chi connectivity index (χ4n) is 1.17. The summed E-state index contributed by atoms with van der Waals surface area (Å²) < 4.78 is 0. The van der Waals surface area contributed by atoms with E-state index in [2.05, 4.69) is 32.0 Å². The Morgan fingerprint density at radius 1 is 1.57 bits per heavy atom. The molecule has 0 saturated heterocycles. The zero-order valence-corrected chi connectivity index (χ0v) is 9.87. The molecule has 0 amide bonds. The lowest BCUT2D eigenvalue weighted by atomic mass is 10.1. The second kappa shape index (κ2) is 5.06. The molecule has 0 aliphatic rings. The Balaban J connectivity index is 3.09. The molecule has 1 heterocycles. The second-order valence-corrected chi connectivity index (χ2v) is 3.69. The van der Waals surface area contributed by atoms with Crippen LogP contribution in [0.2, 0.25) is 0 Å². The van der Waals surface area contributed by atoms with E-state index >= 15 is 0 Å². The summed E-state index contributed by atoms with van der Waals surface area (Å²) >= 11 is 3.30. The third-order valence-corrected chi connectivity index (χ3v) is 2.55. The Hall–Kier alpha value is -0.950. The number of rotatable bonds is 3. The third kappa shape index (κ3) is 2.52. The fourth-order valence-corrected chi connectivity index (χ4v) is 1.65. The van der Waals surface area contributed by atoms with Gasteiger partial charge in [-0.15, -0.1) is 0 Å². The van der Waals surface area contributed by atoms with Crippen molar-refractivity contribution in [3.8, 4) is 6.07 Å². The van der Waals surface area contributed by atoms with Crippen LogP contribution in [0.5, 0.6) is 0 Å². The van der Waals surface area contributed by atoms with Gasteiger partial charge in [0.2, 0.25) is 0 Å². The molecule has 74 valence electrons. The Morgan fingerprint density at radius 3 is 2.79 bits per heavy atom. The van der Waals surface area contributed by atoms with Crippen LogP contribution in [-0.4, -0.2) is 15.3 Å². The molecule has 0 aromatic carbocycles. The van der Waals surface area contributed by atoms with Crippen molar-refractivity contribution >= 4 is 15.9 Å². The first kappa shape index (κ1) is 11.1. The molecule has 0 aliphatic heterocycles. The van der Waals surface area contributed by atoms with Gasteiger partial charge in [-0.3, -0.25) is 0 Å². The van der Waals surface area contributed by atoms with Crippen LogP contribution in [0.4, 0.5) is 0 Å². The Morgan fingerprint density at radius 2 is 2.29 bits per heavy atom. The van der Waals surface area contributed by atoms with Gasteiger partial charge in [0.25, 0.3) is 0 Å². The van der Waals surface area contributed by atoms with Gasteiger partial charge in [0.1, 0.15) is 5.82 Å². The van der Waals surface area contributed by atoms with Crippen molar-refractivity contribution in [3.63, 3.8) is 0 Å². The number of nitrogens with zero attached hydrogens (tertiary/aromatic N) is 3. The number of alkyl halides is 1. The Bertz CT molecular complexity index is 357. The van der Waals surface area contributed by atoms with Crippen molar-refractivity contribution in [2.75, 3.05) is 5.33 Å². The minimum absolute atomic E-state index is 0.179. The molecular formula is C10H12BrN3. The van der Waals surface area contributed by atoms with Crippen LogP contribution >= 0.6 is 15.9 Å². The molecule has 3 nitrogen and oxygen atoms in total. The van der Waals surface area contributed by atoms with Gasteiger partial charge >= 0.3 is 0 Å². The number of aryl methyl sites for hydroxylation is 2. The summed E-state index contributed by atoms with van der Waals surface area (Å²) in [5.74, 6) is 0.628. The van der Waals surface area contributed by atoms with Gasteiger partial charge in [-0.2, -0.15) is 5.26 Å². The van der Waals surface area contributed by atoms with E-state index in [9.17, 15) is 0 Å². The topological polar surface area (TPSA) is 49.6 Å². The van der Waals surface area contributed by atoms with Crippen LogP contribution in [0.15, 0.2) is 6.07 Å². The van der Waals surface area contributed by atoms with Gasteiger partial charge in [0.15, 0.2) is 0 Å². The molecule has 1 rings (SSSR count). The van der Waals surface area contributed by atoms with Gasteiger partial charge in [-0.05, 0) is 13.0 Å². The van der Waals surface area contributed by atoms with Crippen molar-refractivity contribution in [2.45, 2.75) is 26.2 Å². The molecule has 14 heavy (non-hydrogen) atoms. The summed E-state index contributed by atoms with van der Waals surface area (Å²) in [5, 5.41) is 9.51. The first-order valence-corrected chi connectivity index (χ1v) is 5.63. The molecule has 4 heteroatoms. The molecule has 1 unspecified atom stereocenters. The van der Waals surface area contributed by atoms with Crippen LogP contribution in [0.25, 0.3) is 0 Å². The van der Waals surface area contributed by atoms with Crippen molar-refractivity contribution in [3.05, 3.63) is 23.3 Å². The maximum absolute atomic E-state index is 8.89. The zero-order valence-electron chi connectivity index (χ0n) is 8.29. The minimum Gasteiger partial charge on any atom is -0.238 e. The summed E-state index contributed by atoms with van der Waals surface area (Å²) in [4.78, 5) is 8.60. The summed E-state index contributed by atoms with van der Waals surface area (Å²) in [5.41, 5.74) is 1.74. The highest BCUT2D eigenvalue weighted by molar-refractivity contribution is 9.09. The summed E-state index contributed by atoms with van der Waals surface area (Å²) in [6, 6.07) is 4.08. The first-order valence-electron chi connectivity index (χ1n) is 4.51. The maximum atomic E-state index is 8.89. The zero-order chi connectivity index (χ0) is 10.6. The predicted molar refractivity (Wildman–Crippen MR) is 58.3 cm³/mol. The van der Waals surface area contributed by atoms with Crippen molar-refractivity contribution in [2.24, 2.45) is 0 Å². The summed E-state index contributed by atoms with van der Waals surface area (Å²) in [7, 11) is 0. The molecule has 0 radical (unpaired) electrons. The lowest BCUT2D eigenvalue weighted by molar-refractivity contribution is 0.840. The van der Waals surface area contributed by atoms with Crippen LogP contribution in [0.3, 0.4) is 0 Å². The van der Waals surface area contributed by atoms with Crippen molar-refractivity contribution in [1.29, 1.82) is 5.26 Å². The molecule has 0 aliphatic carbocycles. The molecular weight excluding hydrogens is 242 g/mol. The van der Waals surface area contributed by atoms with Crippen molar-refractivity contribution in [1.82, 2.24) is 9.97 Å². The van der Waals surface area contributed by atoms with Gasteiger partial charge in [0.05, 0.1) is 17.7 Å². The largest absolute Gasteiger partial charge is 0.238 e. The molecule has 1 aromatic heterocycles. The molecule has 1 aromatic rings. The number of nitriles is 1. The predicted octanol–water partition coefficient (Wildman–Crippen LogP) is 2.35. The average Bonchev–Trinajstić information content (AvgIpc) is 2.19. The van der Waals surface area contributed by atoms with Gasteiger partial charge in [-0.25, -0.2) is 9.97 Å². The number of halogens is 1. The van der Waals surface area contributed by atoms with E-state index in [-0.39, 0.29) is 5.92 Å². The van der Waals surface area contributed by atoms with E-state index in [1.165, 1.54) is 0 Å². The second-order valence-electron chi connectivity index (χ2n) is 3.04. The van der Waals surface area contributed by atoms with E-state index < -0.39 is 0 Å². The monoisotopic (exact) mass is 253 g/mol. The maximum Gasteiger partial charge on any atom is 0.128 e. The van der Waals surface area contributed by atoms with E-state index in [1.807, 2.05) is 19.9 Å².